The third kappa shape index (κ3) is 6.32. The standard InChI is InChI=1S/C25H32N4O7S/c1-6-29-24(36-25(32)21-14-28(4)27-17(21)3)20(13-26-29)23(31)19-10-11-22(37(5,33)34)18(16(19)2)9-7-8-12-35-15-30/h10-11,13-14,30H,6-9,12,15H2,1-5H3. The molecule has 0 saturated carbocycles. The second kappa shape index (κ2) is 11.8. The highest BCUT2D eigenvalue weighted by molar-refractivity contribution is 7.90. The lowest BCUT2D eigenvalue weighted by Crippen LogP contribution is -2.16. The first-order chi connectivity index (χ1) is 17.5. The lowest BCUT2D eigenvalue weighted by Gasteiger charge is -2.15. The van der Waals surface area contributed by atoms with Crippen LogP contribution < -0.4 is 4.74 Å². The highest BCUT2D eigenvalue weighted by Gasteiger charge is 2.27. The van der Waals surface area contributed by atoms with Gasteiger partial charge in [0.2, 0.25) is 5.88 Å². The van der Waals surface area contributed by atoms with Gasteiger partial charge in [-0.3, -0.25) is 9.48 Å². The first kappa shape index (κ1) is 28.2. The molecular weight excluding hydrogens is 500 g/mol. The maximum Gasteiger partial charge on any atom is 0.348 e. The molecule has 11 nitrogen and oxygen atoms in total. The second-order valence-electron chi connectivity index (χ2n) is 8.68. The van der Waals surface area contributed by atoms with Gasteiger partial charge in [0.15, 0.2) is 15.6 Å². The van der Waals surface area contributed by atoms with E-state index in [0.29, 0.717) is 54.8 Å². The molecule has 1 aromatic carbocycles. The van der Waals surface area contributed by atoms with Crippen LogP contribution in [0, 0.1) is 13.8 Å². The van der Waals surface area contributed by atoms with Crippen LogP contribution in [0.15, 0.2) is 29.4 Å². The van der Waals surface area contributed by atoms with E-state index < -0.39 is 21.6 Å². The maximum atomic E-state index is 13.7. The van der Waals surface area contributed by atoms with Crippen LogP contribution in [0.1, 0.15) is 62.9 Å². The zero-order chi connectivity index (χ0) is 27.3. The van der Waals surface area contributed by atoms with Gasteiger partial charge in [-0.05, 0) is 63.3 Å². The molecule has 0 saturated heterocycles. The summed E-state index contributed by atoms with van der Waals surface area (Å²) in [5.41, 5.74) is 2.22. The van der Waals surface area contributed by atoms with Crippen LogP contribution in [0.5, 0.6) is 5.88 Å². The van der Waals surface area contributed by atoms with Crippen molar-refractivity contribution in [3.05, 3.63) is 58.0 Å². The van der Waals surface area contributed by atoms with Crippen molar-refractivity contribution in [1.82, 2.24) is 19.6 Å². The van der Waals surface area contributed by atoms with Gasteiger partial charge in [0.25, 0.3) is 0 Å². The summed E-state index contributed by atoms with van der Waals surface area (Å²) in [7, 11) is -1.85. The number of aliphatic hydroxyl groups excluding tert-OH is 1. The quantitative estimate of drug-likeness (QED) is 0.161. The number of ether oxygens (including phenoxy) is 2. The molecule has 3 rings (SSSR count). The first-order valence-corrected chi connectivity index (χ1v) is 13.7. The number of carbonyl (C=O) groups is 2. The zero-order valence-corrected chi connectivity index (χ0v) is 22.5. The van der Waals surface area contributed by atoms with Crippen LogP contribution in [-0.4, -0.2) is 64.5 Å². The normalized spacial score (nSPS) is 11.6. The summed E-state index contributed by atoms with van der Waals surface area (Å²) in [5, 5.41) is 17.1. The molecular formula is C25H32N4O7S. The fourth-order valence-electron chi connectivity index (χ4n) is 4.16. The summed E-state index contributed by atoms with van der Waals surface area (Å²) >= 11 is 0. The number of rotatable bonds is 12. The third-order valence-corrected chi connectivity index (χ3v) is 7.20. The molecule has 0 unspecified atom stereocenters. The Morgan fingerprint density at radius 3 is 2.43 bits per heavy atom. The van der Waals surface area contributed by atoms with E-state index in [1.165, 1.54) is 33.9 Å². The van der Waals surface area contributed by atoms with Crippen LogP contribution in [0.25, 0.3) is 0 Å². The Bertz CT molecular complexity index is 1410. The Kier molecular flexibility index (Phi) is 9.00. The summed E-state index contributed by atoms with van der Waals surface area (Å²) in [6, 6.07) is 2.91. The number of unbranched alkanes of at least 4 members (excludes halogenated alkanes) is 1. The highest BCUT2D eigenvalue weighted by Crippen LogP contribution is 2.29. The van der Waals surface area contributed by atoms with E-state index in [-0.39, 0.29) is 28.7 Å². The molecule has 0 spiro atoms. The predicted octanol–water partition coefficient (Wildman–Crippen LogP) is 2.40. The monoisotopic (exact) mass is 532 g/mol. The van der Waals surface area contributed by atoms with Crippen LogP contribution in [-0.2, 0) is 34.6 Å². The number of benzene rings is 1. The van der Waals surface area contributed by atoms with Gasteiger partial charge in [-0.25, -0.2) is 17.9 Å². The molecule has 1 N–H and O–H groups in total. The molecule has 0 amide bonds. The number of aryl methyl sites for hydroxylation is 3. The molecule has 0 radical (unpaired) electrons. The van der Waals surface area contributed by atoms with Crippen molar-refractivity contribution in [2.24, 2.45) is 7.05 Å². The Balaban J connectivity index is 1.99. The molecule has 12 heteroatoms. The summed E-state index contributed by atoms with van der Waals surface area (Å²) < 4.78 is 38.4. The smallest absolute Gasteiger partial charge is 0.348 e. The summed E-state index contributed by atoms with van der Waals surface area (Å²) in [4.78, 5) is 26.7. The number of ketones is 1. The number of aromatic nitrogens is 4. The topological polar surface area (TPSA) is 143 Å². The Hall–Kier alpha value is -3.35. The van der Waals surface area contributed by atoms with E-state index in [2.05, 4.69) is 10.2 Å². The molecule has 37 heavy (non-hydrogen) atoms. The van der Waals surface area contributed by atoms with Gasteiger partial charge in [0.1, 0.15) is 17.9 Å². The minimum Gasteiger partial charge on any atom is -0.403 e. The van der Waals surface area contributed by atoms with E-state index in [1.807, 2.05) is 0 Å². The Morgan fingerprint density at radius 1 is 1.11 bits per heavy atom. The number of esters is 1. The van der Waals surface area contributed by atoms with E-state index in [0.717, 1.165) is 6.26 Å². The van der Waals surface area contributed by atoms with E-state index in [1.54, 1.807) is 27.8 Å². The molecule has 200 valence electrons. The fraction of sp³-hybridized carbons (Fsp3) is 0.440. The largest absolute Gasteiger partial charge is 0.403 e. The average molecular weight is 533 g/mol. The highest BCUT2D eigenvalue weighted by atomic mass is 32.2. The number of carbonyl (C=O) groups excluding carboxylic acids is 2. The predicted molar refractivity (Wildman–Crippen MR) is 135 cm³/mol. The van der Waals surface area contributed by atoms with Crippen molar-refractivity contribution < 1.29 is 32.6 Å². The molecule has 0 atom stereocenters. The first-order valence-electron chi connectivity index (χ1n) is 11.8. The molecule has 0 aliphatic carbocycles. The molecule has 0 fully saturated rings. The van der Waals surface area contributed by atoms with Crippen molar-refractivity contribution in [3.63, 3.8) is 0 Å². The van der Waals surface area contributed by atoms with Crippen LogP contribution in [0.3, 0.4) is 0 Å². The summed E-state index contributed by atoms with van der Waals surface area (Å²) in [6.45, 7) is 5.51. The third-order valence-electron chi connectivity index (χ3n) is 6.01. The average Bonchev–Trinajstić information content (AvgIpc) is 3.40. The van der Waals surface area contributed by atoms with E-state index in [9.17, 15) is 18.0 Å². The van der Waals surface area contributed by atoms with Crippen molar-refractivity contribution in [2.75, 3.05) is 19.7 Å². The SMILES string of the molecule is CCn1ncc(C(=O)c2ccc(S(C)(=O)=O)c(CCCCOCO)c2C)c1OC(=O)c1cn(C)nc1C. The minimum atomic E-state index is -3.54. The zero-order valence-electron chi connectivity index (χ0n) is 21.6. The van der Waals surface area contributed by atoms with Gasteiger partial charge in [0, 0.05) is 38.2 Å². The Morgan fingerprint density at radius 2 is 1.84 bits per heavy atom. The maximum absolute atomic E-state index is 13.7. The van der Waals surface area contributed by atoms with Crippen molar-refractivity contribution >= 4 is 21.6 Å². The van der Waals surface area contributed by atoms with Gasteiger partial charge in [-0.1, -0.05) is 0 Å². The van der Waals surface area contributed by atoms with Crippen LogP contribution in [0.4, 0.5) is 0 Å². The number of aliphatic hydroxyl groups is 1. The molecule has 0 bridgehead atoms. The number of nitrogens with zero attached hydrogens (tertiary/aromatic N) is 4. The summed E-state index contributed by atoms with van der Waals surface area (Å²) in [5.74, 6) is -1.09. The lowest BCUT2D eigenvalue weighted by atomic mass is 9.94. The number of hydrogen-bond acceptors (Lipinski definition) is 9. The molecule has 3 aromatic rings. The van der Waals surface area contributed by atoms with Gasteiger partial charge < -0.3 is 14.6 Å². The molecule has 2 aromatic heterocycles. The van der Waals surface area contributed by atoms with Gasteiger partial charge in [-0.2, -0.15) is 10.2 Å². The fourth-order valence-corrected chi connectivity index (χ4v) is 5.18. The molecule has 0 aliphatic heterocycles. The Labute approximate surface area is 215 Å². The minimum absolute atomic E-state index is 0.00930. The van der Waals surface area contributed by atoms with Crippen LogP contribution in [0.2, 0.25) is 0 Å². The van der Waals surface area contributed by atoms with Crippen molar-refractivity contribution in [3.8, 4) is 5.88 Å². The van der Waals surface area contributed by atoms with Gasteiger partial charge in [-0.15, -0.1) is 0 Å². The van der Waals surface area contributed by atoms with Gasteiger partial charge in [0.05, 0.1) is 16.8 Å². The van der Waals surface area contributed by atoms with Gasteiger partial charge >= 0.3 is 5.97 Å². The number of sulfone groups is 1. The lowest BCUT2D eigenvalue weighted by molar-refractivity contribution is -0.00267. The number of hydrogen-bond donors (Lipinski definition) is 1. The van der Waals surface area contributed by atoms with Crippen molar-refractivity contribution in [2.45, 2.75) is 51.5 Å². The van der Waals surface area contributed by atoms with Crippen LogP contribution >= 0.6 is 0 Å². The van der Waals surface area contributed by atoms with E-state index in [4.69, 9.17) is 14.6 Å². The second-order valence-corrected chi connectivity index (χ2v) is 10.7. The molecule has 0 aliphatic rings. The molecule has 2 heterocycles. The summed E-state index contributed by atoms with van der Waals surface area (Å²) in [6.07, 6.45) is 5.63. The van der Waals surface area contributed by atoms with Crippen molar-refractivity contribution in [1.29, 1.82) is 0 Å². The van der Waals surface area contributed by atoms with E-state index >= 15 is 0 Å².